The van der Waals surface area contributed by atoms with Crippen molar-refractivity contribution in [2.24, 2.45) is 0 Å². The van der Waals surface area contributed by atoms with Gasteiger partial charge in [0.05, 0.1) is 18.8 Å². The normalized spacial score (nSPS) is 17.0. The Bertz CT molecular complexity index is 1050. The molecule has 3 rings (SSSR count). The van der Waals surface area contributed by atoms with E-state index in [0.29, 0.717) is 11.1 Å². The van der Waals surface area contributed by atoms with E-state index in [1.54, 1.807) is 34.6 Å². The molecule has 180 valence electrons. The fraction of sp³-hybridized carbons (Fsp3) is 0.478. The Hall–Kier alpha value is -2.88. The minimum atomic E-state index is -5.19. The maximum absolute atomic E-state index is 14.1. The second-order valence-corrected chi connectivity index (χ2v) is 9.63. The van der Waals surface area contributed by atoms with Crippen molar-refractivity contribution in [2.45, 2.75) is 57.4 Å². The summed E-state index contributed by atoms with van der Waals surface area (Å²) >= 11 is 0. The Morgan fingerprint density at radius 2 is 1.82 bits per heavy atom. The van der Waals surface area contributed by atoms with Gasteiger partial charge in [-0.25, -0.2) is 14.2 Å². The molecule has 1 aliphatic heterocycles. The van der Waals surface area contributed by atoms with Crippen molar-refractivity contribution in [3.05, 3.63) is 47.4 Å². The molecule has 1 aliphatic rings. The number of ether oxygens (including phenoxy) is 2. The van der Waals surface area contributed by atoms with Gasteiger partial charge in [0.1, 0.15) is 22.9 Å². The maximum Gasteiger partial charge on any atom is 0.424 e. The van der Waals surface area contributed by atoms with Gasteiger partial charge in [0.15, 0.2) is 0 Å². The Morgan fingerprint density at radius 1 is 1.21 bits per heavy atom. The van der Waals surface area contributed by atoms with E-state index in [0.717, 1.165) is 18.2 Å². The largest absolute Gasteiger partial charge is 0.490 e. The molecule has 2 N–H and O–H groups in total. The molecule has 1 unspecified atom stereocenters. The van der Waals surface area contributed by atoms with Crippen LogP contribution < -0.4 is 10.1 Å². The van der Waals surface area contributed by atoms with Gasteiger partial charge in [0.25, 0.3) is 0 Å². The highest BCUT2D eigenvalue weighted by Gasteiger charge is 2.57. The number of fused-ring (bicyclic) bond motifs is 1. The Morgan fingerprint density at radius 3 is 2.36 bits per heavy atom. The first-order valence-corrected chi connectivity index (χ1v) is 10.2. The van der Waals surface area contributed by atoms with Crippen molar-refractivity contribution in [3.8, 4) is 17.0 Å². The molecule has 0 saturated heterocycles. The SMILES string of the molecule is CC(C)(C)OC(=O)NCC(O)(c1cc2c(c(-c3ccc(F)cc3)n1)OCC2(C)C)C(F)(F)F. The van der Waals surface area contributed by atoms with Gasteiger partial charge in [-0.1, -0.05) is 13.8 Å². The monoisotopic (exact) mass is 470 g/mol. The number of pyridine rings is 1. The summed E-state index contributed by atoms with van der Waals surface area (Å²) in [6, 6.07) is 6.16. The van der Waals surface area contributed by atoms with Gasteiger partial charge in [-0.2, -0.15) is 13.2 Å². The molecule has 1 aromatic carbocycles. The summed E-state index contributed by atoms with van der Waals surface area (Å²) in [4.78, 5) is 16.1. The molecule has 1 atom stereocenters. The van der Waals surface area contributed by atoms with Crippen LogP contribution in [0.5, 0.6) is 5.75 Å². The minimum absolute atomic E-state index is 0.0352. The van der Waals surface area contributed by atoms with Crippen molar-refractivity contribution in [1.82, 2.24) is 10.3 Å². The molecule has 6 nitrogen and oxygen atoms in total. The lowest BCUT2D eigenvalue weighted by Crippen LogP contribution is -2.52. The van der Waals surface area contributed by atoms with Crippen molar-refractivity contribution in [3.63, 3.8) is 0 Å². The van der Waals surface area contributed by atoms with Crippen LogP contribution in [0.2, 0.25) is 0 Å². The lowest BCUT2D eigenvalue weighted by Gasteiger charge is -2.31. The van der Waals surface area contributed by atoms with E-state index in [2.05, 4.69) is 4.98 Å². The van der Waals surface area contributed by atoms with E-state index in [1.165, 1.54) is 12.1 Å². The van der Waals surface area contributed by atoms with E-state index in [4.69, 9.17) is 9.47 Å². The highest BCUT2D eigenvalue weighted by Crippen LogP contribution is 2.47. The van der Waals surface area contributed by atoms with Gasteiger partial charge in [0.2, 0.25) is 5.60 Å². The molecule has 0 bridgehead atoms. The van der Waals surface area contributed by atoms with Crippen LogP contribution in [-0.2, 0) is 15.8 Å². The van der Waals surface area contributed by atoms with E-state index in [1.807, 2.05) is 5.32 Å². The first-order valence-electron chi connectivity index (χ1n) is 10.2. The average molecular weight is 470 g/mol. The molecule has 0 radical (unpaired) electrons. The number of carbonyl (C=O) groups excluding carboxylic acids is 1. The quantitative estimate of drug-likeness (QED) is 0.626. The van der Waals surface area contributed by atoms with Gasteiger partial charge in [-0.3, -0.25) is 0 Å². The number of alkyl halides is 3. The number of benzene rings is 1. The Kier molecular flexibility index (Phi) is 6.12. The first-order chi connectivity index (χ1) is 15.0. The molecular formula is C23H26F4N2O4. The summed E-state index contributed by atoms with van der Waals surface area (Å²) in [5.41, 5.74) is -5.10. The van der Waals surface area contributed by atoms with Crippen LogP contribution in [0, 0.1) is 5.82 Å². The lowest BCUT2D eigenvalue weighted by molar-refractivity contribution is -0.265. The zero-order chi connectivity index (χ0) is 24.8. The third kappa shape index (κ3) is 5.05. The summed E-state index contributed by atoms with van der Waals surface area (Å²) in [5.74, 6) is -0.263. The Labute approximate surface area is 188 Å². The van der Waals surface area contributed by atoms with E-state index < -0.39 is 46.9 Å². The van der Waals surface area contributed by atoms with Gasteiger partial charge in [-0.15, -0.1) is 0 Å². The average Bonchev–Trinajstić information content (AvgIpc) is 2.99. The van der Waals surface area contributed by atoms with Crippen LogP contribution in [0.3, 0.4) is 0 Å². The Balaban J connectivity index is 2.12. The summed E-state index contributed by atoms with van der Waals surface area (Å²) in [6.45, 7) is 7.19. The smallest absolute Gasteiger partial charge is 0.424 e. The molecule has 10 heteroatoms. The number of aliphatic hydroxyl groups is 1. The number of carbonyl (C=O) groups is 1. The first kappa shape index (κ1) is 24.8. The summed E-state index contributed by atoms with van der Waals surface area (Å²) in [7, 11) is 0. The number of nitrogens with one attached hydrogen (secondary N) is 1. The molecule has 2 aromatic rings. The second-order valence-electron chi connectivity index (χ2n) is 9.63. The number of nitrogens with zero attached hydrogens (tertiary/aromatic N) is 1. The van der Waals surface area contributed by atoms with Crippen LogP contribution in [0.15, 0.2) is 30.3 Å². The third-order valence-corrected chi connectivity index (χ3v) is 5.18. The zero-order valence-corrected chi connectivity index (χ0v) is 18.9. The number of alkyl carbamates (subject to hydrolysis) is 1. The maximum atomic E-state index is 14.1. The van der Waals surface area contributed by atoms with Crippen molar-refractivity contribution in [1.29, 1.82) is 0 Å². The number of halogens is 4. The minimum Gasteiger partial charge on any atom is -0.490 e. The van der Waals surface area contributed by atoms with Crippen LogP contribution in [0.25, 0.3) is 11.3 Å². The standard InChI is InChI=1S/C23H26F4N2O4/c1-20(2,3)33-19(30)28-11-22(31,23(25,26)27)16-10-15-18(32-12-21(15,4)5)17(29-16)13-6-8-14(24)9-7-13/h6-10,31H,11-12H2,1-5H3,(H,28,30). The summed E-state index contributed by atoms with van der Waals surface area (Å²) in [5, 5.41) is 12.8. The predicted octanol–water partition coefficient (Wildman–Crippen LogP) is 4.83. The topological polar surface area (TPSA) is 80.7 Å². The van der Waals surface area contributed by atoms with Crippen LogP contribution in [0.4, 0.5) is 22.4 Å². The van der Waals surface area contributed by atoms with E-state index >= 15 is 0 Å². The van der Waals surface area contributed by atoms with Gasteiger partial charge < -0.3 is 19.9 Å². The van der Waals surface area contributed by atoms with E-state index in [-0.39, 0.29) is 18.1 Å². The highest BCUT2D eigenvalue weighted by atomic mass is 19.4. The van der Waals surface area contributed by atoms with Crippen molar-refractivity contribution in [2.75, 3.05) is 13.2 Å². The van der Waals surface area contributed by atoms with Gasteiger partial charge in [-0.05, 0) is 51.1 Å². The summed E-state index contributed by atoms with van der Waals surface area (Å²) in [6.07, 6.45) is -6.30. The molecule has 1 amide bonds. The molecule has 0 aliphatic carbocycles. The van der Waals surface area contributed by atoms with E-state index in [9.17, 15) is 27.5 Å². The van der Waals surface area contributed by atoms with Crippen molar-refractivity contribution >= 4 is 6.09 Å². The number of amides is 1. The molecule has 0 saturated carbocycles. The predicted molar refractivity (Wildman–Crippen MR) is 112 cm³/mol. The van der Waals surface area contributed by atoms with Crippen LogP contribution in [-0.4, -0.2) is 41.1 Å². The third-order valence-electron chi connectivity index (χ3n) is 5.18. The van der Waals surface area contributed by atoms with Crippen molar-refractivity contribution < 1.29 is 36.9 Å². The molecular weight excluding hydrogens is 444 g/mol. The zero-order valence-electron chi connectivity index (χ0n) is 18.9. The highest BCUT2D eigenvalue weighted by molar-refractivity contribution is 5.71. The fourth-order valence-electron chi connectivity index (χ4n) is 3.38. The number of hydrogen-bond donors (Lipinski definition) is 2. The number of hydrogen-bond acceptors (Lipinski definition) is 5. The van der Waals surface area contributed by atoms with Gasteiger partial charge >= 0.3 is 12.3 Å². The second kappa shape index (κ2) is 8.16. The number of aromatic nitrogens is 1. The van der Waals surface area contributed by atoms with Crippen LogP contribution in [0.1, 0.15) is 45.9 Å². The lowest BCUT2D eigenvalue weighted by atomic mass is 9.84. The molecule has 0 spiro atoms. The molecule has 1 aromatic heterocycles. The molecule has 33 heavy (non-hydrogen) atoms. The molecule has 0 fully saturated rings. The number of rotatable bonds is 4. The summed E-state index contributed by atoms with van der Waals surface area (Å²) < 4.78 is 66.6. The molecule has 2 heterocycles. The van der Waals surface area contributed by atoms with Gasteiger partial charge in [0, 0.05) is 16.5 Å². The fourth-order valence-corrected chi connectivity index (χ4v) is 3.38. The van der Waals surface area contributed by atoms with Crippen LogP contribution >= 0.6 is 0 Å².